The molecule has 5 heteroatoms. The van der Waals surface area contributed by atoms with Crippen molar-refractivity contribution in [3.63, 3.8) is 0 Å². The molecule has 8 aromatic rings. The highest BCUT2D eigenvalue weighted by Gasteiger charge is 2.52. The van der Waals surface area contributed by atoms with E-state index in [0.29, 0.717) is 0 Å². The molecule has 55 heavy (non-hydrogen) atoms. The Morgan fingerprint density at radius 1 is 0.436 bits per heavy atom. The Morgan fingerprint density at radius 3 is 1.36 bits per heavy atom. The van der Waals surface area contributed by atoms with Gasteiger partial charge in [-0.15, -0.1) is 0 Å². The minimum atomic E-state index is -0.413. The van der Waals surface area contributed by atoms with Gasteiger partial charge >= 0.3 is 0 Å². The van der Waals surface area contributed by atoms with Gasteiger partial charge in [0, 0.05) is 51.7 Å². The molecule has 260 valence electrons. The number of anilines is 6. The van der Waals surface area contributed by atoms with E-state index in [1.807, 2.05) is 24.5 Å². The summed E-state index contributed by atoms with van der Waals surface area (Å²) in [5.74, 6) is 0. The SMILES string of the molecule is Cc1ccc(N2c3cccc4c3B3c5c2cccc5C(C)(c2ccccc2)c2cccc(c23)N4c2ccc(C)cc2-c2ccccn2)c(-c2ccccn2)c1. The summed E-state index contributed by atoms with van der Waals surface area (Å²) < 4.78 is 0. The third kappa shape index (κ3) is 4.47. The van der Waals surface area contributed by atoms with Crippen LogP contribution in [0.4, 0.5) is 34.1 Å². The van der Waals surface area contributed by atoms with Crippen LogP contribution in [0.5, 0.6) is 0 Å². The quantitative estimate of drug-likeness (QED) is 0.167. The van der Waals surface area contributed by atoms with Crippen molar-refractivity contribution in [2.24, 2.45) is 0 Å². The van der Waals surface area contributed by atoms with Crippen molar-refractivity contribution in [1.82, 2.24) is 9.97 Å². The predicted molar refractivity (Wildman–Crippen MR) is 228 cm³/mol. The van der Waals surface area contributed by atoms with Gasteiger partial charge in [-0.25, -0.2) is 0 Å². The van der Waals surface area contributed by atoms with Crippen molar-refractivity contribution in [3.05, 3.63) is 198 Å². The zero-order chi connectivity index (χ0) is 36.8. The maximum Gasteiger partial charge on any atom is 0.252 e. The smallest absolute Gasteiger partial charge is 0.252 e. The first-order chi connectivity index (χ1) is 27.0. The topological polar surface area (TPSA) is 32.3 Å². The number of pyridine rings is 2. The van der Waals surface area contributed by atoms with E-state index in [4.69, 9.17) is 9.97 Å². The number of benzene rings is 6. The summed E-state index contributed by atoms with van der Waals surface area (Å²) in [5, 5.41) is 0. The molecule has 0 fully saturated rings. The molecule has 3 aliphatic rings. The van der Waals surface area contributed by atoms with Gasteiger partial charge in [0.15, 0.2) is 0 Å². The highest BCUT2D eigenvalue weighted by atomic mass is 15.2. The molecule has 0 bridgehead atoms. The van der Waals surface area contributed by atoms with E-state index in [-0.39, 0.29) is 6.71 Å². The van der Waals surface area contributed by atoms with Gasteiger partial charge in [0.25, 0.3) is 6.71 Å². The lowest BCUT2D eigenvalue weighted by atomic mass is 9.28. The Morgan fingerprint density at radius 2 is 0.891 bits per heavy atom. The fourth-order valence-corrected chi connectivity index (χ4v) is 9.79. The number of hydrogen-bond donors (Lipinski definition) is 0. The lowest BCUT2D eigenvalue weighted by Crippen LogP contribution is -2.67. The number of rotatable bonds is 5. The predicted octanol–water partition coefficient (Wildman–Crippen LogP) is 10.2. The molecule has 4 nitrogen and oxygen atoms in total. The first-order valence-electron chi connectivity index (χ1n) is 19.1. The van der Waals surface area contributed by atoms with Crippen LogP contribution in [0.15, 0.2) is 170 Å². The maximum absolute atomic E-state index is 4.89. The van der Waals surface area contributed by atoms with Crippen LogP contribution in [0.2, 0.25) is 0 Å². The number of hydrogen-bond acceptors (Lipinski definition) is 4. The first-order valence-corrected chi connectivity index (χ1v) is 19.1. The van der Waals surface area contributed by atoms with Gasteiger partial charge in [-0.2, -0.15) is 0 Å². The Balaban J connectivity index is 1.28. The van der Waals surface area contributed by atoms with Gasteiger partial charge in [0.05, 0.1) is 22.8 Å². The van der Waals surface area contributed by atoms with E-state index in [9.17, 15) is 0 Å². The molecule has 6 aromatic carbocycles. The largest absolute Gasteiger partial charge is 0.311 e. The number of aryl methyl sites for hydroxylation is 2. The summed E-state index contributed by atoms with van der Waals surface area (Å²) in [4.78, 5) is 14.8. The summed E-state index contributed by atoms with van der Waals surface area (Å²) in [7, 11) is 0. The van der Waals surface area contributed by atoms with Crippen LogP contribution >= 0.6 is 0 Å². The van der Waals surface area contributed by atoms with Crippen LogP contribution in [0.3, 0.4) is 0 Å². The highest BCUT2D eigenvalue weighted by molar-refractivity contribution is 7.01. The van der Waals surface area contributed by atoms with Crippen molar-refractivity contribution >= 4 is 57.2 Å². The average Bonchev–Trinajstić information content (AvgIpc) is 3.24. The van der Waals surface area contributed by atoms with Crippen LogP contribution in [-0.2, 0) is 5.41 Å². The van der Waals surface area contributed by atoms with Crippen LogP contribution in [0, 0.1) is 13.8 Å². The second-order valence-corrected chi connectivity index (χ2v) is 15.3. The minimum Gasteiger partial charge on any atom is -0.311 e. The first kappa shape index (κ1) is 31.8. The van der Waals surface area contributed by atoms with Crippen LogP contribution < -0.4 is 26.2 Å². The molecule has 5 heterocycles. The molecule has 0 unspecified atom stereocenters. The second-order valence-electron chi connectivity index (χ2n) is 15.3. The van der Waals surface area contributed by atoms with Gasteiger partial charge in [-0.05, 0) is 127 Å². The molecule has 11 rings (SSSR count). The van der Waals surface area contributed by atoms with Gasteiger partial charge in [0.2, 0.25) is 0 Å². The lowest BCUT2D eigenvalue weighted by molar-refractivity contribution is 0.697. The van der Waals surface area contributed by atoms with Gasteiger partial charge < -0.3 is 9.80 Å². The van der Waals surface area contributed by atoms with Gasteiger partial charge in [-0.3, -0.25) is 9.97 Å². The molecule has 0 aliphatic carbocycles. The van der Waals surface area contributed by atoms with E-state index in [0.717, 1.165) is 33.9 Å². The fourth-order valence-electron chi connectivity index (χ4n) is 9.79. The van der Waals surface area contributed by atoms with Crippen LogP contribution in [-0.4, -0.2) is 16.7 Å². The third-order valence-electron chi connectivity index (χ3n) is 12.2. The zero-order valence-electron chi connectivity index (χ0n) is 31.0. The van der Waals surface area contributed by atoms with E-state index in [1.165, 1.54) is 67.0 Å². The summed E-state index contributed by atoms with van der Waals surface area (Å²) in [6.07, 6.45) is 3.79. The Kier molecular flexibility index (Phi) is 6.87. The molecule has 0 N–H and O–H groups in total. The second kappa shape index (κ2) is 11.9. The number of aromatic nitrogens is 2. The zero-order valence-corrected chi connectivity index (χ0v) is 31.0. The molecule has 0 saturated carbocycles. The van der Waals surface area contributed by atoms with Crippen molar-refractivity contribution in [3.8, 4) is 22.5 Å². The molecule has 0 amide bonds. The van der Waals surface area contributed by atoms with Crippen LogP contribution in [0.25, 0.3) is 22.5 Å². The Hall–Kier alpha value is -6.72. The number of nitrogens with zero attached hydrogens (tertiary/aromatic N) is 4. The van der Waals surface area contributed by atoms with E-state index < -0.39 is 5.41 Å². The van der Waals surface area contributed by atoms with Crippen molar-refractivity contribution < 1.29 is 0 Å². The normalized spacial score (nSPS) is 14.1. The van der Waals surface area contributed by atoms with E-state index >= 15 is 0 Å². The summed E-state index contributed by atoms with van der Waals surface area (Å²) in [6, 6.07) is 57.9. The summed E-state index contributed by atoms with van der Waals surface area (Å²) in [5.41, 5.74) is 21.2. The molecule has 3 aliphatic heterocycles. The standard InChI is InChI=1S/C50H37BN4/c1-32-24-26-41(35(30-32)39-18-7-9-28-52-39)54-43-20-11-16-37-47(43)51-48-38(50(37,3)34-14-5-4-6-15-34)17-12-21-44(48)55(46-23-13-22-45(54)49(46)51)42-27-25-33(2)31-36(42)40-19-8-10-29-53-40/h4-31H,1-3H3. The summed E-state index contributed by atoms with van der Waals surface area (Å²) in [6.45, 7) is 6.81. The van der Waals surface area contributed by atoms with Crippen molar-refractivity contribution in [1.29, 1.82) is 0 Å². The third-order valence-corrected chi connectivity index (χ3v) is 12.2. The van der Waals surface area contributed by atoms with Crippen molar-refractivity contribution in [2.75, 3.05) is 9.80 Å². The molecular formula is C50H37BN4. The molecule has 0 radical (unpaired) electrons. The monoisotopic (exact) mass is 704 g/mol. The van der Waals surface area contributed by atoms with Gasteiger partial charge in [0.1, 0.15) is 0 Å². The fraction of sp³-hybridized carbons (Fsp3) is 0.0800. The average molecular weight is 705 g/mol. The van der Waals surface area contributed by atoms with Crippen molar-refractivity contribution in [2.45, 2.75) is 26.2 Å². The Labute approximate surface area is 322 Å². The molecule has 0 spiro atoms. The molecule has 0 atom stereocenters. The lowest BCUT2D eigenvalue weighted by Gasteiger charge is -2.51. The van der Waals surface area contributed by atoms with Crippen LogP contribution in [0.1, 0.15) is 34.7 Å². The molecule has 0 saturated heterocycles. The molecular weight excluding hydrogens is 667 g/mol. The highest BCUT2D eigenvalue weighted by Crippen LogP contribution is 2.52. The van der Waals surface area contributed by atoms with E-state index in [1.54, 1.807) is 0 Å². The minimum absolute atomic E-state index is 0.0420. The maximum atomic E-state index is 4.89. The summed E-state index contributed by atoms with van der Waals surface area (Å²) >= 11 is 0. The van der Waals surface area contributed by atoms with Gasteiger partial charge in [-0.1, -0.05) is 96.1 Å². The Bertz CT molecular complexity index is 2650. The molecule has 2 aromatic heterocycles. The van der Waals surface area contributed by atoms with E-state index in [2.05, 4.69) is 176 Å².